The molecule has 1 atom stereocenters. The van der Waals surface area contributed by atoms with Crippen LogP contribution in [0.15, 0.2) is 71.8 Å². The van der Waals surface area contributed by atoms with Crippen molar-refractivity contribution >= 4 is 22.6 Å². The minimum absolute atomic E-state index is 0.0406. The standard InChI is InChI=1S/C26H21F2N3O4/c27-16-6-9-21(28)23(12-16)31-14-20(26(33)34)25(32)19-8-7-17(13-22(19)31)30-11-3-4-18(30)15-35-24-5-1-2-10-29-24/h1-2,5-10,12-14,18H,3-4,11,15H2,(H,33,34). The number of carboxylic acids is 1. The third-order valence-electron chi connectivity index (χ3n) is 6.16. The fraction of sp³-hybridized carbons (Fsp3) is 0.192. The number of halogens is 2. The van der Waals surface area contributed by atoms with Crippen molar-refractivity contribution in [2.75, 3.05) is 18.1 Å². The van der Waals surface area contributed by atoms with Gasteiger partial charge in [0.2, 0.25) is 11.3 Å². The van der Waals surface area contributed by atoms with Gasteiger partial charge in [0.1, 0.15) is 23.8 Å². The van der Waals surface area contributed by atoms with Crippen molar-refractivity contribution in [3.05, 3.63) is 94.4 Å². The molecule has 1 N–H and O–H groups in total. The van der Waals surface area contributed by atoms with Gasteiger partial charge in [-0.25, -0.2) is 18.6 Å². The van der Waals surface area contributed by atoms with E-state index < -0.39 is 28.6 Å². The van der Waals surface area contributed by atoms with Crippen molar-refractivity contribution in [3.8, 4) is 11.6 Å². The Morgan fingerprint density at radius 2 is 2.00 bits per heavy atom. The first-order valence-electron chi connectivity index (χ1n) is 11.1. The minimum Gasteiger partial charge on any atom is -0.477 e. The Kier molecular flexibility index (Phi) is 5.90. The summed E-state index contributed by atoms with van der Waals surface area (Å²) in [6.45, 7) is 1.14. The van der Waals surface area contributed by atoms with Crippen molar-refractivity contribution < 1.29 is 23.4 Å². The molecule has 9 heteroatoms. The highest BCUT2D eigenvalue weighted by Gasteiger charge is 2.27. The molecule has 3 heterocycles. The number of benzene rings is 2. The summed E-state index contributed by atoms with van der Waals surface area (Å²) >= 11 is 0. The molecule has 0 aliphatic carbocycles. The summed E-state index contributed by atoms with van der Waals surface area (Å²) in [5.41, 5.74) is -0.373. The zero-order chi connectivity index (χ0) is 24.5. The zero-order valence-electron chi connectivity index (χ0n) is 18.5. The number of fused-ring (bicyclic) bond motifs is 1. The van der Waals surface area contributed by atoms with Gasteiger partial charge in [-0.15, -0.1) is 0 Å². The van der Waals surface area contributed by atoms with Crippen LogP contribution in [0.1, 0.15) is 23.2 Å². The number of anilines is 1. The van der Waals surface area contributed by atoms with Gasteiger partial charge in [-0.3, -0.25) is 4.79 Å². The first-order chi connectivity index (χ1) is 16.9. The molecule has 0 radical (unpaired) electrons. The number of hydrogen-bond acceptors (Lipinski definition) is 5. The van der Waals surface area contributed by atoms with Crippen molar-refractivity contribution in [1.29, 1.82) is 0 Å². The lowest BCUT2D eigenvalue weighted by Gasteiger charge is -2.27. The largest absolute Gasteiger partial charge is 0.477 e. The molecule has 1 aliphatic rings. The molecule has 0 saturated carbocycles. The normalized spacial score (nSPS) is 15.5. The fourth-order valence-corrected chi connectivity index (χ4v) is 4.48. The second kappa shape index (κ2) is 9.17. The van der Waals surface area contributed by atoms with Gasteiger partial charge in [-0.05, 0) is 49.2 Å². The van der Waals surface area contributed by atoms with Crippen LogP contribution in [0.4, 0.5) is 14.5 Å². The van der Waals surface area contributed by atoms with E-state index in [4.69, 9.17) is 4.74 Å². The first-order valence-corrected chi connectivity index (χ1v) is 11.1. The summed E-state index contributed by atoms with van der Waals surface area (Å²) in [5.74, 6) is -2.36. The number of hydrogen-bond donors (Lipinski definition) is 1. The molecule has 35 heavy (non-hydrogen) atoms. The molecule has 1 fully saturated rings. The molecule has 2 aromatic heterocycles. The molecular weight excluding hydrogens is 456 g/mol. The van der Waals surface area contributed by atoms with E-state index in [0.29, 0.717) is 12.5 Å². The maximum atomic E-state index is 14.7. The summed E-state index contributed by atoms with van der Waals surface area (Å²) in [6, 6.07) is 13.3. The monoisotopic (exact) mass is 477 g/mol. The summed E-state index contributed by atoms with van der Waals surface area (Å²) < 4.78 is 35.8. The van der Waals surface area contributed by atoms with Crippen LogP contribution < -0.4 is 15.1 Å². The highest BCUT2D eigenvalue weighted by molar-refractivity contribution is 5.94. The van der Waals surface area contributed by atoms with Crippen molar-refractivity contribution in [3.63, 3.8) is 0 Å². The van der Waals surface area contributed by atoms with E-state index in [1.54, 1.807) is 30.5 Å². The second-order valence-corrected chi connectivity index (χ2v) is 8.31. The number of carboxylic acid groups (broad SMARTS) is 1. The third-order valence-corrected chi connectivity index (χ3v) is 6.16. The SMILES string of the molecule is O=C(O)c1cn(-c2cc(F)ccc2F)c2cc(N3CCCC3COc3ccccn3)ccc2c1=O. The Morgan fingerprint density at radius 1 is 1.14 bits per heavy atom. The summed E-state index contributed by atoms with van der Waals surface area (Å²) in [7, 11) is 0. The molecule has 178 valence electrons. The molecule has 7 nitrogen and oxygen atoms in total. The van der Waals surface area contributed by atoms with Crippen LogP contribution in [-0.4, -0.2) is 39.8 Å². The van der Waals surface area contributed by atoms with E-state index in [0.717, 1.165) is 49.5 Å². The van der Waals surface area contributed by atoms with Crippen LogP contribution in [0.2, 0.25) is 0 Å². The van der Waals surface area contributed by atoms with Crippen LogP contribution in [0.25, 0.3) is 16.6 Å². The first kappa shape index (κ1) is 22.5. The van der Waals surface area contributed by atoms with Gasteiger partial charge in [-0.1, -0.05) is 6.07 Å². The number of aromatic carboxylic acids is 1. The predicted octanol–water partition coefficient (Wildman–Crippen LogP) is 4.41. The third kappa shape index (κ3) is 4.32. The van der Waals surface area contributed by atoms with Gasteiger partial charge in [-0.2, -0.15) is 0 Å². The lowest BCUT2D eigenvalue weighted by atomic mass is 10.1. The molecule has 2 aromatic carbocycles. The van der Waals surface area contributed by atoms with E-state index in [2.05, 4.69) is 9.88 Å². The lowest BCUT2D eigenvalue weighted by molar-refractivity contribution is 0.0695. The highest BCUT2D eigenvalue weighted by atomic mass is 19.1. The average Bonchev–Trinajstić information content (AvgIpc) is 3.33. The van der Waals surface area contributed by atoms with Gasteiger partial charge in [0.15, 0.2) is 0 Å². The summed E-state index contributed by atoms with van der Waals surface area (Å²) in [6.07, 6.45) is 4.51. The number of carbonyl (C=O) groups is 1. The van der Waals surface area contributed by atoms with Gasteiger partial charge in [0.25, 0.3) is 0 Å². The Balaban J connectivity index is 1.59. The molecule has 5 rings (SSSR count). The number of ether oxygens (including phenoxy) is 1. The maximum absolute atomic E-state index is 14.7. The number of nitrogens with zero attached hydrogens (tertiary/aromatic N) is 3. The zero-order valence-corrected chi connectivity index (χ0v) is 18.5. The Labute approximate surface area is 198 Å². The minimum atomic E-state index is -1.45. The topological polar surface area (TPSA) is 84.7 Å². The Bertz CT molecular complexity index is 1470. The van der Waals surface area contributed by atoms with Crippen molar-refractivity contribution in [2.45, 2.75) is 18.9 Å². The smallest absolute Gasteiger partial charge is 0.341 e. The number of pyridine rings is 2. The fourth-order valence-electron chi connectivity index (χ4n) is 4.48. The van der Waals surface area contributed by atoms with Crippen LogP contribution in [0.5, 0.6) is 5.88 Å². The molecule has 1 aliphatic heterocycles. The lowest BCUT2D eigenvalue weighted by Crippen LogP contribution is -2.34. The molecule has 1 saturated heterocycles. The predicted molar refractivity (Wildman–Crippen MR) is 127 cm³/mol. The molecular formula is C26H21F2N3O4. The van der Waals surface area contributed by atoms with Crippen LogP contribution in [0.3, 0.4) is 0 Å². The Hall–Kier alpha value is -4.27. The molecule has 1 unspecified atom stereocenters. The van der Waals surface area contributed by atoms with Gasteiger partial charge >= 0.3 is 5.97 Å². The van der Waals surface area contributed by atoms with Crippen molar-refractivity contribution in [2.24, 2.45) is 0 Å². The van der Waals surface area contributed by atoms with Gasteiger partial charge < -0.3 is 19.3 Å². The average molecular weight is 477 g/mol. The molecule has 0 bridgehead atoms. The maximum Gasteiger partial charge on any atom is 0.341 e. The molecule has 0 spiro atoms. The van der Waals surface area contributed by atoms with E-state index >= 15 is 0 Å². The van der Waals surface area contributed by atoms with E-state index in [-0.39, 0.29) is 22.6 Å². The van der Waals surface area contributed by atoms with Gasteiger partial charge in [0, 0.05) is 42.1 Å². The number of aromatic nitrogens is 2. The van der Waals surface area contributed by atoms with Crippen LogP contribution in [-0.2, 0) is 0 Å². The Morgan fingerprint density at radius 3 is 2.77 bits per heavy atom. The summed E-state index contributed by atoms with van der Waals surface area (Å²) in [4.78, 5) is 30.9. The van der Waals surface area contributed by atoms with Crippen LogP contribution >= 0.6 is 0 Å². The van der Waals surface area contributed by atoms with E-state index in [9.17, 15) is 23.5 Å². The summed E-state index contributed by atoms with van der Waals surface area (Å²) in [5, 5.41) is 9.62. The molecule has 4 aromatic rings. The van der Waals surface area contributed by atoms with Crippen LogP contribution in [0, 0.1) is 11.6 Å². The van der Waals surface area contributed by atoms with Crippen molar-refractivity contribution in [1.82, 2.24) is 9.55 Å². The van der Waals surface area contributed by atoms with E-state index in [1.807, 2.05) is 6.07 Å². The molecule has 0 amide bonds. The van der Waals surface area contributed by atoms with E-state index in [1.165, 1.54) is 10.6 Å². The number of rotatable bonds is 6. The quantitative estimate of drug-likeness (QED) is 0.443. The second-order valence-electron chi connectivity index (χ2n) is 8.31. The highest BCUT2D eigenvalue weighted by Crippen LogP contribution is 2.30. The van der Waals surface area contributed by atoms with Gasteiger partial charge in [0.05, 0.1) is 17.2 Å².